The topological polar surface area (TPSA) is 99.1 Å². The molecule has 0 aliphatic heterocycles. The van der Waals surface area contributed by atoms with Crippen molar-refractivity contribution in [3.05, 3.63) is 47.5 Å². The maximum atomic E-state index is 12.2. The molecule has 0 saturated heterocycles. The summed E-state index contributed by atoms with van der Waals surface area (Å²) in [4.78, 5) is 43.8. The maximum Gasteiger partial charge on any atom is 0.387 e. The fourth-order valence-corrected chi connectivity index (χ4v) is 1.86. The van der Waals surface area contributed by atoms with E-state index in [4.69, 9.17) is 4.74 Å². The highest BCUT2D eigenvalue weighted by atomic mass is 17.2. The molecule has 1 N–H and O–H groups in total. The lowest BCUT2D eigenvalue weighted by Gasteiger charge is -2.13. The van der Waals surface area contributed by atoms with Gasteiger partial charge in [-0.25, -0.2) is 24.2 Å². The number of carbonyl (C=O) groups is 3. The van der Waals surface area contributed by atoms with Crippen molar-refractivity contribution in [2.24, 2.45) is 0 Å². The summed E-state index contributed by atoms with van der Waals surface area (Å²) < 4.78 is 4.89. The number of hydrogen-bond donors (Lipinski definition) is 1. The van der Waals surface area contributed by atoms with Crippen molar-refractivity contribution >= 4 is 17.9 Å². The first kappa shape index (κ1) is 18.4. The van der Waals surface area contributed by atoms with Crippen molar-refractivity contribution in [3.63, 3.8) is 0 Å². The number of benzene rings is 1. The smallest absolute Gasteiger partial charge is 0.387 e. The Morgan fingerprint density at radius 2 is 1.96 bits per heavy atom. The van der Waals surface area contributed by atoms with Crippen LogP contribution in [-0.4, -0.2) is 35.7 Å². The van der Waals surface area contributed by atoms with E-state index in [1.807, 2.05) is 0 Å². The highest BCUT2D eigenvalue weighted by Gasteiger charge is 2.25. The molecule has 7 nitrogen and oxygen atoms in total. The Morgan fingerprint density at radius 1 is 1.26 bits per heavy atom. The van der Waals surface area contributed by atoms with Gasteiger partial charge >= 0.3 is 17.9 Å². The normalized spacial score (nSPS) is 11.3. The molecule has 0 bridgehead atoms. The van der Waals surface area contributed by atoms with Gasteiger partial charge in [0.1, 0.15) is 0 Å². The molecule has 0 heterocycles. The van der Waals surface area contributed by atoms with E-state index in [-0.39, 0.29) is 24.2 Å². The van der Waals surface area contributed by atoms with Crippen LogP contribution in [0.4, 0.5) is 0 Å². The summed E-state index contributed by atoms with van der Waals surface area (Å²) in [6.07, 6.45) is 0.170. The summed E-state index contributed by atoms with van der Waals surface area (Å²) in [5, 5.41) is 9.53. The number of aliphatic hydroxyl groups excluding tert-OH is 1. The fraction of sp³-hybridized carbons (Fsp3) is 0.312. The highest BCUT2D eigenvalue weighted by molar-refractivity contribution is 6.04. The third-order valence-corrected chi connectivity index (χ3v) is 2.73. The van der Waals surface area contributed by atoms with Crippen LogP contribution in [0, 0.1) is 0 Å². The predicted molar refractivity (Wildman–Crippen MR) is 79.5 cm³/mol. The van der Waals surface area contributed by atoms with Gasteiger partial charge in [-0.05, 0) is 31.9 Å². The van der Waals surface area contributed by atoms with Gasteiger partial charge in [0.2, 0.25) is 0 Å². The van der Waals surface area contributed by atoms with Crippen molar-refractivity contribution < 1.29 is 34.0 Å². The lowest BCUT2D eigenvalue weighted by Crippen LogP contribution is -2.19. The van der Waals surface area contributed by atoms with Crippen LogP contribution in [0.15, 0.2) is 30.9 Å². The van der Waals surface area contributed by atoms with Crippen molar-refractivity contribution in [2.75, 3.05) is 6.61 Å². The largest absolute Gasteiger partial charge is 0.462 e. The molecule has 0 fully saturated rings. The maximum absolute atomic E-state index is 12.2. The molecule has 1 rings (SSSR count). The first-order chi connectivity index (χ1) is 10.9. The Morgan fingerprint density at radius 3 is 2.52 bits per heavy atom. The number of carbonyl (C=O) groups excluding carboxylic acids is 3. The molecule has 0 spiro atoms. The molecular formula is C16H18O7. The third kappa shape index (κ3) is 5.23. The summed E-state index contributed by atoms with van der Waals surface area (Å²) in [7, 11) is 0. The summed E-state index contributed by atoms with van der Waals surface area (Å²) in [6.45, 7) is 6.45. The molecule has 124 valence electrons. The number of hydrogen-bond acceptors (Lipinski definition) is 7. The molecule has 0 aromatic heterocycles. The lowest BCUT2D eigenvalue weighted by atomic mass is 9.97. The standard InChI is InChI=1S/C16H18O7/c1-4-13(18)22-23-16(20)14-11(9-10(3)17)7-6-8-12(14)15(19)21-5-2/h4,6-8,10,17H,1,5,9H2,2-3H3. The van der Waals surface area contributed by atoms with Crippen LogP contribution in [0.25, 0.3) is 0 Å². The molecule has 0 radical (unpaired) electrons. The Labute approximate surface area is 133 Å². The van der Waals surface area contributed by atoms with Crippen LogP contribution in [-0.2, 0) is 25.7 Å². The minimum atomic E-state index is -1.04. The van der Waals surface area contributed by atoms with Crippen LogP contribution in [0.3, 0.4) is 0 Å². The number of aliphatic hydroxyl groups is 1. The number of ether oxygens (including phenoxy) is 1. The summed E-state index contributed by atoms with van der Waals surface area (Å²) in [5.74, 6) is -2.72. The molecule has 0 aliphatic carbocycles. The van der Waals surface area contributed by atoms with Gasteiger partial charge < -0.3 is 9.84 Å². The third-order valence-electron chi connectivity index (χ3n) is 2.73. The Balaban J connectivity index is 3.21. The monoisotopic (exact) mass is 322 g/mol. The quantitative estimate of drug-likeness (QED) is 0.367. The number of esters is 1. The van der Waals surface area contributed by atoms with E-state index in [9.17, 15) is 19.5 Å². The van der Waals surface area contributed by atoms with Gasteiger partial charge in [-0.15, -0.1) is 0 Å². The Hall–Kier alpha value is -2.67. The van der Waals surface area contributed by atoms with E-state index >= 15 is 0 Å². The van der Waals surface area contributed by atoms with Crippen LogP contribution >= 0.6 is 0 Å². The van der Waals surface area contributed by atoms with Crippen LogP contribution in [0.2, 0.25) is 0 Å². The molecule has 0 amide bonds. The van der Waals surface area contributed by atoms with E-state index in [0.29, 0.717) is 5.56 Å². The zero-order chi connectivity index (χ0) is 17.4. The fourth-order valence-electron chi connectivity index (χ4n) is 1.86. The minimum absolute atomic E-state index is 0.0374. The molecule has 0 saturated carbocycles. The average molecular weight is 322 g/mol. The Bertz CT molecular complexity index is 604. The number of rotatable bonds is 6. The van der Waals surface area contributed by atoms with Gasteiger partial charge in [-0.3, -0.25) is 0 Å². The summed E-state index contributed by atoms with van der Waals surface area (Å²) >= 11 is 0. The molecular weight excluding hydrogens is 304 g/mol. The van der Waals surface area contributed by atoms with E-state index in [1.54, 1.807) is 19.1 Å². The van der Waals surface area contributed by atoms with Crippen molar-refractivity contribution in [1.29, 1.82) is 0 Å². The van der Waals surface area contributed by atoms with Gasteiger partial charge in [-0.1, -0.05) is 18.7 Å². The molecule has 7 heteroatoms. The van der Waals surface area contributed by atoms with E-state index in [1.165, 1.54) is 13.0 Å². The first-order valence-corrected chi connectivity index (χ1v) is 6.93. The Kier molecular flexibility index (Phi) is 6.95. The van der Waals surface area contributed by atoms with E-state index in [2.05, 4.69) is 16.4 Å². The summed E-state index contributed by atoms with van der Waals surface area (Å²) in [5.41, 5.74) is 0.207. The average Bonchev–Trinajstić information content (AvgIpc) is 2.51. The van der Waals surface area contributed by atoms with Gasteiger partial charge in [0.15, 0.2) is 0 Å². The van der Waals surface area contributed by atoms with Gasteiger partial charge in [0.25, 0.3) is 0 Å². The predicted octanol–water partition coefficient (Wildman–Crippen LogP) is 1.59. The van der Waals surface area contributed by atoms with E-state index < -0.39 is 24.0 Å². The first-order valence-electron chi connectivity index (χ1n) is 6.93. The molecule has 1 unspecified atom stereocenters. The van der Waals surface area contributed by atoms with Gasteiger partial charge in [0, 0.05) is 6.08 Å². The van der Waals surface area contributed by atoms with Crippen LogP contribution in [0.5, 0.6) is 0 Å². The molecule has 1 atom stereocenters. The zero-order valence-corrected chi connectivity index (χ0v) is 12.9. The molecule has 23 heavy (non-hydrogen) atoms. The zero-order valence-electron chi connectivity index (χ0n) is 12.9. The molecule has 1 aromatic carbocycles. The molecule has 1 aromatic rings. The van der Waals surface area contributed by atoms with Crippen molar-refractivity contribution in [2.45, 2.75) is 26.4 Å². The lowest BCUT2D eigenvalue weighted by molar-refractivity contribution is -0.228. The highest BCUT2D eigenvalue weighted by Crippen LogP contribution is 2.19. The second-order valence-corrected chi connectivity index (χ2v) is 4.59. The SMILES string of the molecule is C=CC(=O)OOC(=O)c1c(CC(C)O)cccc1C(=O)OCC. The molecule has 0 aliphatic rings. The van der Waals surface area contributed by atoms with E-state index in [0.717, 1.165) is 6.08 Å². The van der Waals surface area contributed by atoms with Crippen molar-refractivity contribution in [3.8, 4) is 0 Å². The summed E-state index contributed by atoms with van der Waals surface area (Å²) in [6, 6.07) is 4.49. The second kappa shape index (κ2) is 8.70. The second-order valence-electron chi connectivity index (χ2n) is 4.59. The minimum Gasteiger partial charge on any atom is -0.462 e. The van der Waals surface area contributed by atoms with Crippen LogP contribution < -0.4 is 0 Å². The van der Waals surface area contributed by atoms with Gasteiger partial charge in [-0.2, -0.15) is 0 Å². The van der Waals surface area contributed by atoms with Gasteiger partial charge in [0.05, 0.1) is 23.8 Å². The van der Waals surface area contributed by atoms with Crippen molar-refractivity contribution in [1.82, 2.24) is 0 Å². The van der Waals surface area contributed by atoms with Crippen LogP contribution in [0.1, 0.15) is 40.1 Å².